The maximum absolute atomic E-state index is 10.6. The molecule has 0 saturated heterocycles. The van der Waals surface area contributed by atoms with Crippen LogP contribution < -0.4 is 0 Å². The molecule has 1 heterocycles. The molecule has 6 heteroatoms. The van der Waals surface area contributed by atoms with E-state index in [1.54, 1.807) is 4.57 Å². The molecule has 1 aromatic heterocycles. The van der Waals surface area contributed by atoms with Crippen molar-refractivity contribution in [2.45, 2.75) is 6.54 Å². The lowest BCUT2D eigenvalue weighted by atomic mass is 10.2. The van der Waals surface area contributed by atoms with Crippen LogP contribution in [0.2, 0.25) is 0 Å². The fourth-order valence-corrected chi connectivity index (χ4v) is 2.00. The van der Waals surface area contributed by atoms with Crippen molar-refractivity contribution in [2.24, 2.45) is 0 Å². The van der Waals surface area contributed by atoms with Crippen molar-refractivity contribution in [1.82, 2.24) is 9.55 Å². The zero-order valence-electron chi connectivity index (χ0n) is 8.21. The first-order chi connectivity index (χ1) is 7.68. The molecule has 2 aromatic rings. The summed E-state index contributed by atoms with van der Waals surface area (Å²) in [7, 11) is 0. The van der Waals surface area contributed by atoms with Crippen LogP contribution in [-0.4, -0.2) is 14.5 Å². The van der Waals surface area contributed by atoms with Crippen LogP contribution in [0.25, 0.3) is 0 Å². The number of hydrogen-bond donors (Lipinski definition) is 0. The highest BCUT2D eigenvalue weighted by atomic mass is 127. The van der Waals surface area contributed by atoms with Gasteiger partial charge in [0.05, 0.1) is 6.54 Å². The van der Waals surface area contributed by atoms with E-state index in [-0.39, 0.29) is 5.82 Å². The third kappa shape index (κ3) is 2.21. The molecule has 0 aliphatic rings. The topological polar surface area (TPSA) is 61.0 Å². The second-order valence-corrected chi connectivity index (χ2v) is 4.25. The van der Waals surface area contributed by atoms with Crippen LogP contribution in [0.5, 0.6) is 0 Å². The van der Waals surface area contributed by atoms with Gasteiger partial charge in [-0.1, -0.05) is 30.3 Å². The average Bonchev–Trinajstić information content (AvgIpc) is 2.62. The Morgan fingerprint density at radius 3 is 2.62 bits per heavy atom. The average molecular weight is 329 g/mol. The third-order valence-corrected chi connectivity index (χ3v) is 3.23. The molecule has 0 atom stereocenters. The Kier molecular flexibility index (Phi) is 3.18. The predicted octanol–water partition coefficient (Wildman–Crippen LogP) is 2.44. The van der Waals surface area contributed by atoms with Gasteiger partial charge in [0.2, 0.25) is 6.33 Å². The maximum Gasteiger partial charge on any atom is 0.395 e. The minimum absolute atomic E-state index is 0.0865. The van der Waals surface area contributed by atoms with Gasteiger partial charge < -0.3 is 10.1 Å². The summed E-state index contributed by atoms with van der Waals surface area (Å²) >= 11 is 1.94. The van der Waals surface area contributed by atoms with Crippen LogP contribution in [0.1, 0.15) is 5.56 Å². The van der Waals surface area contributed by atoms with Crippen molar-refractivity contribution in [1.29, 1.82) is 0 Å². The fraction of sp³-hybridized carbons (Fsp3) is 0.100. The first-order valence-corrected chi connectivity index (χ1v) is 5.65. The van der Waals surface area contributed by atoms with Gasteiger partial charge >= 0.3 is 5.82 Å². The van der Waals surface area contributed by atoms with Gasteiger partial charge in [0, 0.05) is 0 Å². The molecular weight excluding hydrogens is 321 g/mol. The van der Waals surface area contributed by atoms with E-state index in [2.05, 4.69) is 4.98 Å². The summed E-state index contributed by atoms with van der Waals surface area (Å²) in [6.45, 7) is 0.597. The summed E-state index contributed by atoms with van der Waals surface area (Å²) < 4.78 is 2.31. The van der Waals surface area contributed by atoms with E-state index in [4.69, 9.17) is 0 Å². The van der Waals surface area contributed by atoms with Crippen molar-refractivity contribution >= 4 is 28.4 Å². The lowest BCUT2D eigenvalue weighted by molar-refractivity contribution is -0.390. The molecule has 0 spiro atoms. The van der Waals surface area contributed by atoms with Crippen LogP contribution >= 0.6 is 22.6 Å². The van der Waals surface area contributed by atoms with E-state index in [9.17, 15) is 10.1 Å². The Labute approximate surface area is 105 Å². The Morgan fingerprint density at radius 2 is 2.06 bits per heavy atom. The lowest BCUT2D eigenvalue weighted by Gasteiger charge is -2.02. The zero-order valence-corrected chi connectivity index (χ0v) is 10.4. The SMILES string of the molecule is O=[N+]([O-])c1ncn(Cc2ccccc2)c1I. The minimum atomic E-state index is -0.469. The molecule has 0 bridgehead atoms. The number of halogens is 1. The number of nitrogens with zero attached hydrogens (tertiary/aromatic N) is 3. The molecule has 82 valence electrons. The maximum atomic E-state index is 10.6. The molecule has 0 unspecified atom stereocenters. The second kappa shape index (κ2) is 4.60. The molecule has 2 rings (SSSR count). The van der Waals surface area contributed by atoms with Gasteiger partial charge in [-0.3, -0.25) is 4.57 Å². The highest BCUT2D eigenvalue weighted by Crippen LogP contribution is 2.19. The summed E-state index contributed by atoms with van der Waals surface area (Å²) in [6.07, 6.45) is 1.49. The quantitative estimate of drug-likeness (QED) is 0.494. The van der Waals surface area contributed by atoms with Crippen molar-refractivity contribution in [2.75, 3.05) is 0 Å². The van der Waals surface area contributed by atoms with Crippen molar-refractivity contribution < 1.29 is 4.92 Å². The lowest BCUT2D eigenvalue weighted by Crippen LogP contribution is -2.01. The number of aromatic nitrogens is 2. The molecule has 5 nitrogen and oxygen atoms in total. The number of nitro groups is 1. The molecule has 0 aliphatic heterocycles. The van der Waals surface area contributed by atoms with Crippen LogP contribution in [0, 0.1) is 13.8 Å². The predicted molar refractivity (Wildman–Crippen MR) is 67.1 cm³/mol. The summed E-state index contributed by atoms with van der Waals surface area (Å²) in [6, 6.07) is 9.76. The number of imidazole rings is 1. The van der Waals surface area contributed by atoms with Crippen LogP contribution in [0.3, 0.4) is 0 Å². The molecule has 0 fully saturated rings. The minimum Gasteiger partial charge on any atom is -0.358 e. The van der Waals surface area contributed by atoms with Gasteiger partial charge in [0.15, 0.2) is 3.70 Å². The van der Waals surface area contributed by atoms with Gasteiger partial charge in [-0.15, -0.1) is 0 Å². The van der Waals surface area contributed by atoms with Gasteiger partial charge in [-0.2, -0.15) is 0 Å². The highest BCUT2D eigenvalue weighted by Gasteiger charge is 2.18. The van der Waals surface area contributed by atoms with Gasteiger partial charge in [-0.25, -0.2) is 0 Å². The Hall–Kier alpha value is -1.44. The standard InChI is InChI=1S/C10H8IN3O2/c11-9-10(14(15)16)12-7-13(9)6-8-4-2-1-3-5-8/h1-5,7H,6H2. The second-order valence-electron chi connectivity index (χ2n) is 3.23. The Balaban J connectivity index is 2.26. The summed E-state index contributed by atoms with van der Waals surface area (Å²) in [5.74, 6) is -0.0865. The number of rotatable bonds is 3. The molecule has 0 amide bonds. The van der Waals surface area contributed by atoms with E-state index >= 15 is 0 Å². The first kappa shape index (κ1) is 11.1. The molecule has 0 saturated carbocycles. The van der Waals surface area contributed by atoms with E-state index < -0.39 is 4.92 Å². The Morgan fingerprint density at radius 1 is 1.38 bits per heavy atom. The van der Waals surface area contributed by atoms with Gasteiger partial charge in [-0.05, 0) is 38.1 Å². The molecule has 0 radical (unpaired) electrons. The highest BCUT2D eigenvalue weighted by molar-refractivity contribution is 14.1. The smallest absolute Gasteiger partial charge is 0.358 e. The fourth-order valence-electron chi connectivity index (χ4n) is 1.37. The van der Waals surface area contributed by atoms with Gasteiger partial charge in [0.25, 0.3) is 0 Å². The summed E-state index contributed by atoms with van der Waals surface area (Å²) in [4.78, 5) is 13.9. The van der Waals surface area contributed by atoms with Crippen LogP contribution in [0.15, 0.2) is 36.7 Å². The number of benzene rings is 1. The molecule has 0 N–H and O–H groups in total. The molecule has 16 heavy (non-hydrogen) atoms. The van der Waals surface area contributed by atoms with Crippen molar-refractivity contribution in [3.63, 3.8) is 0 Å². The Bertz CT molecular complexity index is 510. The largest absolute Gasteiger partial charge is 0.395 e. The van der Waals surface area contributed by atoms with E-state index in [1.165, 1.54) is 6.33 Å². The first-order valence-electron chi connectivity index (χ1n) is 4.57. The number of hydrogen-bond acceptors (Lipinski definition) is 3. The summed E-state index contributed by atoms with van der Waals surface area (Å²) in [5.41, 5.74) is 1.09. The van der Waals surface area contributed by atoms with Crippen LogP contribution in [-0.2, 0) is 6.54 Å². The van der Waals surface area contributed by atoms with Crippen LogP contribution in [0.4, 0.5) is 5.82 Å². The van der Waals surface area contributed by atoms with E-state index in [0.29, 0.717) is 10.2 Å². The van der Waals surface area contributed by atoms with Crippen molar-refractivity contribution in [3.05, 3.63) is 56.0 Å². The summed E-state index contributed by atoms with van der Waals surface area (Å²) in [5, 5.41) is 10.6. The molecule has 1 aromatic carbocycles. The van der Waals surface area contributed by atoms with Crippen molar-refractivity contribution in [3.8, 4) is 0 Å². The third-order valence-electron chi connectivity index (χ3n) is 2.12. The zero-order chi connectivity index (χ0) is 11.5. The molecular formula is C10H8IN3O2. The van der Waals surface area contributed by atoms with E-state index in [0.717, 1.165) is 5.56 Å². The van der Waals surface area contributed by atoms with E-state index in [1.807, 2.05) is 52.9 Å². The molecule has 0 aliphatic carbocycles. The van der Waals surface area contributed by atoms with Gasteiger partial charge in [0.1, 0.15) is 0 Å². The normalized spacial score (nSPS) is 10.3. The monoisotopic (exact) mass is 329 g/mol.